The second-order valence-corrected chi connectivity index (χ2v) is 6.08. The molecule has 3 heteroatoms. The van der Waals surface area contributed by atoms with E-state index in [1.54, 1.807) is 0 Å². The van der Waals surface area contributed by atoms with Crippen molar-refractivity contribution in [2.45, 2.75) is 64.3 Å². The fourth-order valence-corrected chi connectivity index (χ4v) is 3.87. The van der Waals surface area contributed by atoms with Gasteiger partial charge in [0.25, 0.3) is 0 Å². The van der Waals surface area contributed by atoms with Crippen LogP contribution < -0.4 is 5.32 Å². The van der Waals surface area contributed by atoms with Crippen LogP contribution in [0.15, 0.2) is 0 Å². The van der Waals surface area contributed by atoms with Crippen molar-refractivity contribution in [3.8, 4) is 0 Å². The third-order valence-electron chi connectivity index (χ3n) is 4.88. The maximum absolute atomic E-state index is 11.9. The summed E-state index contributed by atoms with van der Waals surface area (Å²) < 4.78 is 0. The Hall–Kier alpha value is -0.570. The normalized spacial score (nSPS) is 33.9. The number of unbranched alkanes of at least 4 members (excludes halogenated alkanes) is 3. The van der Waals surface area contributed by atoms with Gasteiger partial charge in [-0.15, -0.1) is 0 Å². The van der Waals surface area contributed by atoms with Crippen molar-refractivity contribution in [2.75, 3.05) is 6.61 Å². The summed E-state index contributed by atoms with van der Waals surface area (Å²) in [4.78, 5) is 11.9. The van der Waals surface area contributed by atoms with Gasteiger partial charge in [-0.3, -0.25) is 4.79 Å². The van der Waals surface area contributed by atoms with Crippen molar-refractivity contribution in [3.63, 3.8) is 0 Å². The molecule has 0 heterocycles. The molecule has 0 aromatic rings. The molecular weight excluding hydrogens is 226 g/mol. The van der Waals surface area contributed by atoms with Gasteiger partial charge in [-0.05, 0) is 37.5 Å². The lowest BCUT2D eigenvalue weighted by Gasteiger charge is -2.30. The predicted molar refractivity (Wildman–Crippen MR) is 72.1 cm³/mol. The van der Waals surface area contributed by atoms with Gasteiger partial charge in [-0.2, -0.15) is 0 Å². The lowest BCUT2D eigenvalue weighted by molar-refractivity contribution is -0.122. The Morgan fingerprint density at radius 3 is 2.72 bits per heavy atom. The molecular formula is C15H27NO2. The Morgan fingerprint density at radius 2 is 2.00 bits per heavy atom. The molecule has 2 fully saturated rings. The van der Waals surface area contributed by atoms with E-state index in [0.717, 1.165) is 12.8 Å². The van der Waals surface area contributed by atoms with E-state index in [0.29, 0.717) is 24.2 Å². The third-order valence-corrected chi connectivity index (χ3v) is 4.88. The van der Waals surface area contributed by atoms with E-state index in [-0.39, 0.29) is 18.6 Å². The van der Waals surface area contributed by atoms with E-state index in [2.05, 4.69) is 12.2 Å². The van der Waals surface area contributed by atoms with Crippen LogP contribution in [0.3, 0.4) is 0 Å². The second kappa shape index (κ2) is 6.55. The van der Waals surface area contributed by atoms with E-state index in [4.69, 9.17) is 0 Å². The highest BCUT2D eigenvalue weighted by Crippen LogP contribution is 2.48. The number of hydrogen-bond donors (Lipinski definition) is 2. The SMILES string of the molecule is CCCCCCC(=O)NC1C2CCC(C2)C1CO. The zero-order valence-electron chi connectivity index (χ0n) is 11.5. The van der Waals surface area contributed by atoms with Crippen LogP contribution >= 0.6 is 0 Å². The molecule has 0 saturated heterocycles. The maximum Gasteiger partial charge on any atom is 0.220 e. The molecule has 2 saturated carbocycles. The van der Waals surface area contributed by atoms with Crippen molar-refractivity contribution < 1.29 is 9.90 Å². The molecule has 1 amide bonds. The number of carbonyl (C=O) groups is 1. The summed E-state index contributed by atoms with van der Waals surface area (Å²) >= 11 is 0. The largest absolute Gasteiger partial charge is 0.396 e. The first kappa shape index (κ1) is 13.9. The molecule has 4 atom stereocenters. The van der Waals surface area contributed by atoms with Gasteiger partial charge >= 0.3 is 0 Å². The molecule has 2 aliphatic rings. The Kier molecular flexibility index (Phi) is 5.04. The molecule has 2 rings (SSSR count). The molecule has 0 aliphatic heterocycles. The highest BCUT2D eigenvalue weighted by Gasteiger charge is 2.47. The van der Waals surface area contributed by atoms with E-state index in [9.17, 15) is 9.90 Å². The number of nitrogens with one attached hydrogen (secondary N) is 1. The molecule has 0 aromatic heterocycles. The van der Waals surface area contributed by atoms with E-state index in [1.165, 1.54) is 32.1 Å². The smallest absolute Gasteiger partial charge is 0.220 e. The van der Waals surface area contributed by atoms with Gasteiger partial charge in [0.1, 0.15) is 0 Å². The minimum Gasteiger partial charge on any atom is -0.396 e. The van der Waals surface area contributed by atoms with Gasteiger partial charge in [-0.1, -0.05) is 26.2 Å². The first-order valence-corrected chi connectivity index (χ1v) is 7.66. The number of fused-ring (bicyclic) bond motifs is 2. The summed E-state index contributed by atoms with van der Waals surface area (Å²) in [6, 6.07) is 0.257. The average molecular weight is 253 g/mol. The number of hydrogen-bond acceptors (Lipinski definition) is 2. The molecule has 0 radical (unpaired) electrons. The highest BCUT2D eigenvalue weighted by molar-refractivity contribution is 5.76. The van der Waals surface area contributed by atoms with E-state index >= 15 is 0 Å². The van der Waals surface area contributed by atoms with Gasteiger partial charge in [0.2, 0.25) is 5.91 Å². The predicted octanol–water partition coefficient (Wildman–Crippen LogP) is 2.48. The molecule has 2 bridgehead atoms. The topological polar surface area (TPSA) is 49.3 Å². The Balaban J connectivity index is 1.73. The summed E-state index contributed by atoms with van der Waals surface area (Å²) in [6.07, 6.45) is 8.95. The lowest BCUT2D eigenvalue weighted by atomic mass is 9.85. The number of aliphatic hydroxyl groups excluding tert-OH is 1. The molecule has 0 aromatic carbocycles. The summed E-state index contributed by atoms with van der Waals surface area (Å²) in [5.41, 5.74) is 0. The van der Waals surface area contributed by atoms with E-state index < -0.39 is 0 Å². The monoisotopic (exact) mass is 253 g/mol. The summed E-state index contributed by atoms with van der Waals surface area (Å²) in [5, 5.41) is 12.7. The maximum atomic E-state index is 11.9. The fraction of sp³-hybridized carbons (Fsp3) is 0.933. The first-order valence-electron chi connectivity index (χ1n) is 7.66. The summed E-state index contributed by atoms with van der Waals surface area (Å²) in [6.45, 7) is 2.42. The highest BCUT2D eigenvalue weighted by atomic mass is 16.3. The van der Waals surface area contributed by atoms with Crippen LogP contribution in [0, 0.1) is 17.8 Å². The van der Waals surface area contributed by atoms with Crippen molar-refractivity contribution in [1.82, 2.24) is 5.32 Å². The zero-order valence-corrected chi connectivity index (χ0v) is 11.5. The van der Waals surface area contributed by atoms with Crippen LogP contribution in [0.25, 0.3) is 0 Å². The Bertz CT molecular complexity index is 280. The molecule has 2 N–H and O–H groups in total. The number of aliphatic hydroxyl groups is 1. The molecule has 18 heavy (non-hydrogen) atoms. The van der Waals surface area contributed by atoms with Crippen LogP contribution in [0.4, 0.5) is 0 Å². The van der Waals surface area contributed by atoms with Crippen LogP contribution in [0.2, 0.25) is 0 Å². The van der Waals surface area contributed by atoms with Gasteiger partial charge in [-0.25, -0.2) is 0 Å². The van der Waals surface area contributed by atoms with Gasteiger partial charge in [0.05, 0.1) is 0 Å². The first-order chi connectivity index (χ1) is 8.76. The van der Waals surface area contributed by atoms with Crippen molar-refractivity contribution in [2.24, 2.45) is 17.8 Å². The van der Waals surface area contributed by atoms with Crippen molar-refractivity contribution in [3.05, 3.63) is 0 Å². The van der Waals surface area contributed by atoms with Crippen LogP contribution in [-0.4, -0.2) is 23.7 Å². The van der Waals surface area contributed by atoms with Gasteiger partial charge in [0.15, 0.2) is 0 Å². The van der Waals surface area contributed by atoms with Crippen molar-refractivity contribution in [1.29, 1.82) is 0 Å². The number of rotatable bonds is 7. The van der Waals surface area contributed by atoms with Crippen molar-refractivity contribution >= 4 is 5.91 Å². The fourth-order valence-electron chi connectivity index (χ4n) is 3.87. The molecule has 4 unspecified atom stereocenters. The Morgan fingerprint density at radius 1 is 1.22 bits per heavy atom. The molecule has 2 aliphatic carbocycles. The molecule has 104 valence electrons. The molecule has 3 nitrogen and oxygen atoms in total. The Labute approximate surface area is 110 Å². The minimum absolute atomic E-state index is 0.196. The van der Waals surface area contributed by atoms with E-state index in [1.807, 2.05) is 0 Å². The van der Waals surface area contributed by atoms with Crippen LogP contribution in [-0.2, 0) is 4.79 Å². The zero-order chi connectivity index (χ0) is 13.0. The summed E-state index contributed by atoms with van der Waals surface area (Å²) in [5.74, 6) is 1.81. The lowest BCUT2D eigenvalue weighted by Crippen LogP contribution is -2.45. The number of carbonyl (C=O) groups excluding carboxylic acids is 1. The van der Waals surface area contributed by atoms with Crippen LogP contribution in [0.1, 0.15) is 58.3 Å². The quantitative estimate of drug-likeness (QED) is 0.685. The van der Waals surface area contributed by atoms with Gasteiger partial charge < -0.3 is 10.4 Å². The number of amides is 1. The average Bonchev–Trinajstić information content (AvgIpc) is 2.95. The van der Waals surface area contributed by atoms with Crippen LogP contribution in [0.5, 0.6) is 0 Å². The third kappa shape index (κ3) is 3.05. The van der Waals surface area contributed by atoms with Gasteiger partial charge in [0, 0.05) is 25.0 Å². The summed E-state index contributed by atoms with van der Waals surface area (Å²) in [7, 11) is 0. The minimum atomic E-state index is 0.196. The second-order valence-electron chi connectivity index (χ2n) is 6.08. The standard InChI is InChI=1S/C15H27NO2/c1-2-3-4-5-6-14(18)16-15-12-8-7-11(9-12)13(15)10-17/h11-13,15,17H,2-10H2,1H3,(H,16,18). The molecule has 0 spiro atoms.